The van der Waals surface area contributed by atoms with Crippen LogP contribution in [0.5, 0.6) is 0 Å². The minimum atomic E-state index is -0.692. The van der Waals surface area contributed by atoms with Crippen LogP contribution in [0.25, 0.3) is 0 Å². The molecule has 1 aliphatic rings. The van der Waals surface area contributed by atoms with Gasteiger partial charge in [-0.3, -0.25) is 4.79 Å². The van der Waals surface area contributed by atoms with Crippen molar-refractivity contribution in [2.45, 2.75) is 77.6 Å². The van der Waals surface area contributed by atoms with Gasteiger partial charge in [0.05, 0.1) is 0 Å². The summed E-state index contributed by atoms with van der Waals surface area (Å²) in [6, 6.07) is 0. The van der Waals surface area contributed by atoms with Crippen molar-refractivity contribution in [2.75, 3.05) is 13.7 Å². The highest BCUT2D eigenvalue weighted by atomic mass is 16.5. The molecule has 1 fully saturated rings. The van der Waals surface area contributed by atoms with E-state index in [1.165, 1.54) is 44.9 Å². The second kappa shape index (κ2) is 14.1. The molecule has 0 aromatic rings. The molecule has 1 N–H and O–H groups in total. The Morgan fingerprint density at radius 3 is 2.80 bits per heavy atom. The molecule has 144 valence electrons. The lowest BCUT2D eigenvalue weighted by Crippen LogP contribution is -2.04. The molecule has 0 bridgehead atoms. The van der Waals surface area contributed by atoms with Crippen LogP contribution >= 0.6 is 0 Å². The zero-order chi connectivity index (χ0) is 18.3. The van der Waals surface area contributed by atoms with E-state index < -0.39 is 5.97 Å². The minimum absolute atomic E-state index is 0.281. The van der Waals surface area contributed by atoms with Crippen molar-refractivity contribution in [1.82, 2.24) is 0 Å². The van der Waals surface area contributed by atoms with Gasteiger partial charge in [-0.25, -0.2) is 0 Å². The highest BCUT2D eigenvalue weighted by Crippen LogP contribution is 2.35. The summed E-state index contributed by atoms with van der Waals surface area (Å²) in [6.45, 7) is 3.24. The van der Waals surface area contributed by atoms with Gasteiger partial charge in [-0.15, -0.1) is 0 Å². The first kappa shape index (κ1) is 22.0. The van der Waals surface area contributed by atoms with Gasteiger partial charge in [-0.05, 0) is 62.7 Å². The molecule has 3 heteroatoms. The minimum Gasteiger partial charge on any atom is -0.481 e. The molecule has 0 aliphatic heterocycles. The summed E-state index contributed by atoms with van der Waals surface area (Å²) in [5, 5.41) is 8.63. The van der Waals surface area contributed by atoms with Gasteiger partial charge < -0.3 is 9.84 Å². The summed E-state index contributed by atoms with van der Waals surface area (Å²) in [6.07, 6.45) is 21.3. The van der Waals surface area contributed by atoms with Gasteiger partial charge in [0, 0.05) is 20.1 Å². The summed E-state index contributed by atoms with van der Waals surface area (Å²) in [4.78, 5) is 10.5. The third-order valence-corrected chi connectivity index (χ3v) is 5.30. The highest BCUT2D eigenvalue weighted by molar-refractivity contribution is 5.66. The molecule has 0 heterocycles. The molecule has 0 radical (unpaired) electrons. The van der Waals surface area contributed by atoms with Gasteiger partial charge in [0.15, 0.2) is 0 Å². The standard InChI is InChI=1S/C22H38O3/c1-19(11-7-8-18-25-2)12-9-14-21-16-10-15-20(21)13-5-3-4-6-17-22(23)24/h3,5,9,14,19-21H,4,6-8,10-13,15-18H2,1-2H3,(H,23,24)/t19-,20-,21-/m0/s1. The fourth-order valence-corrected chi connectivity index (χ4v) is 3.71. The Balaban J connectivity index is 2.18. The third kappa shape index (κ3) is 11.2. The second-order valence-electron chi connectivity index (χ2n) is 7.61. The molecule has 0 amide bonds. The van der Waals surface area contributed by atoms with Crippen molar-refractivity contribution < 1.29 is 14.6 Å². The van der Waals surface area contributed by atoms with Gasteiger partial charge >= 0.3 is 5.97 Å². The molecule has 1 aliphatic carbocycles. The van der Waals surface area contributed by atoms with Gasteiger partial charge in [-0.2, -0.15) is 0 Å². The Hall–Kier alpha value is -1.09. The van der Waals surface area contributed by atoms with Gasteiger partial charge in [-0.1, -0.05) is 50.5 Å². The number of hydrogen-bond donors (Lipinski definition) is 1. The lowest BCUT2D eigenvalue weighted by Gasteiger charge is -2.14. The van der Waals surface area contributed by atoms with E-state index in [9.17, 15) is 4.79 Å². The Morgan fingerprint density at radius 2 is 2.04 bits per heavy atom. The predicted octanol–water partition coefficient (Wildman–Crippen LogP) is 6.00. The maximum absolute atomic E-state index is 10.5. The van der Waals surface area contributed by atoms with Crippen LogP contribution in [-0.2, 0) is 9.53 Å². The molecule has 3 nitrogen and oxygen atoms in total. The first-order valence-corrected chi connectivity index (χ1v) is 10.2. The van der Waals surface area contributed by atoms with Gasteiger partial charge in [0.25, 0.3) is 0 Å². The molecule has 1 saturated carbocycles. The van der Waals surface area contributed by atoms with Crippen molar-refractivity contribution in [3.8, 4) is 0 Å². The quantitative estimate of drug-likeness (QED) is 0.308. The summed E-state index contributed by atoms with van der Waals surface area (Å²) < 4.78 is 5.10. The molecule has 1 rings (SSSR count). The van der Waals surface area contributed by atoms with E-state index in [0.29, 0.717) is 0 Å². The van der Waals surface area contributed by atoms with Crippen molar-refractivity contribution in [2.24, 2.45) is 17.8 Å². The zero-order valence-corrected chi connectivity index (χ0v) is 16.3. The second-order valence-corrected chi connectivity index (χ2v) is 7.61. The first-order chi connectivity index (χ1) is 12.1. The fraction of sp³-hybridized carbons (Fsp3) is 0.773. The average Bonchev–Trinajstić information content (AvgIpc) is 3.02. The number of aliphatic carboxylic acids is 1. The summed E-state index contributed by atoms with van der Waals surface area (Å²) in [5.74, 6) is 1.60. The molecule has 0 saturated heterocycles. The molecule has 3 atom stereocenters. The molecule has 0 aromatic carbocycles. The smallest absolute Gasteiger partial charge is 0.303 e. The van der Waals surface area contributed by atoms with Crippen LogP contribution in [0, 0.1) is 17.8 Å². The number of unbranched alkanes of at least 4 members (excludes halogenated alkanes) is 2. The topological polar surface area (TPSA) is 46.5 Å². The van der Waals surface area contributed by atoms with Crippen molar-refractivity contribution in [3.05, 3.63) is 24.3 Å². The first-order valence-electron chi connectivity index (χ1n) is 10.2. The van der Waals surface area contributed by atoms with Gasteiger partial charge in [0.2, 0.25) is 0 Å². The lowest BCUT2D eigenvalue weighted by atomic mass is 9.91. The van der Waals surface area contributed by atoms with Crippen LogP contribution in [0.4, 0.5) is 0 Å². The van der Waals surface area contributed by atoms with Crippen LogP contribution in [-0.4, -0.2) is 24.8 Å². The number of carbonyl (C=O) groups is 1. The Bertz CT molecular complexity index is 400. The monoisotopic (exact) mass is 350 g/mol. The largest absolute Gasteiger partial charge is 0.481 e. The van der Waals surface area contributed by atoms with E-state index >= 15 is 0 Å². The number of carboxylic acid groups (broad SMARTS) is 1. The fourth-order valence-electron chi connectivity index (χ4n) is 3.71. The van der Waals surface area contributed by atoms with E-state index in [2.05, 4.69) is 31.2 Å². The predicted molar refractivity (Wildman–Crippen MR) is 105 cm³/mol. The van der Waals surface area contributed by atoms with Crippen molar-refractivity contribution in [1.29, 1.82) is 0 Å². The normalized spacial score (nSPS) is 22.2. The van der Waals surface area contributed by atoms with E-state index in [-0.39, 0.29) is 6.42 Å². The highest BCUT2D eigenvalue weighted by Gasteiger charge is 2.23. The number of allylic oxidation sites excluding steroid dienone is 4. The molecule has 0 spiro atoms. The maximum Gasteiger partial charge on any atom is 0.303 e. The van der Waals surface area contributed by atoms with Crippen LogP contribution in [0.2, 0.25) is 0 Å². The van der Waals surface area contributed by atoms with Gasteiger partial charge in [0.1, 0.15) is 0 Å². The number of ether oxygens (including phenoxy) is 1. The van der Waals surface area contributed by atoms with E-state index in [1.807, 2.05) is 0 Å². The Morgan fingerprint density at radius 1 is 1.20 bits per heavy atom. The van der Waals surface area contributed by atoms with E-state index in [0.717, 1.165) is 43.6 Å². The number of carboxylic acids is 1. The Kier molecular flexibility index (Phi) is 12.4. The SMILES string of the molecule is COCCCC[C@H](C)CC=C[C@H]1CCC[C@@H]1CC=CCCCC(=O)O. The van der Waals surface area contributed by atoms with E-state index in [1.54, 1.807) is 7.11 Å². The zero-order valence-electron chi connectivity index (χ0n) is 16.3. The molecule has 0 aromatic heterocycles. The Labute approximate surface area is 154 Å². The molecule has 25 heavy (non-hydrogen) atoms. The average molecular weight is 351 g/mol. The molecule has 0 unspecified atom stereocenters. The summed E-state index contributed by atoms with van der Waals surface area (Å²) in [5.41, 5.74) is 0. The van der Waals surface area contributed by atoms with Crippen LogP contribution < -0.4 is 0 Å². The third-order valence-electron chi connectivity index (χ3n) is 5.30. The van der Waals surface area contributed by atoms with E-state index in [4.69, 9.17) is 9.84 Å². The number of rotatable bonds is 14. The number of hydrogen-bond acceptors (Lipinski definition) is 2. The van der Waals surface area contributed by atoms with Crippen molar-refractivity contribution >= 4 is 5.97 Å². The summed E-state index contributed by atoms with van der Waals surface area (Å²) in [7, 11) is 1.77. The van der Waals surface area contributed by atoms with Crippen LogP contribution in [0.1, 0.15) is 77.6 Å². The number of methoxy groups -OCH3 is 1. The molecular formula is C22H38O3. The summed E-state index contributed by atoms with van der Waals surface area (Å²) >= 11 is 0. The van der Waals surface area contributed by atoms with Crippen molar-refractivity contribution in [3.63, 3.8) is 0 Å². The maximum atomic E-state index is 10.5. The molecular weight excluding hydrogens is 312 g/mol. The lowest BCUT2D eigenvalue weighted by molar-refractivity contribution is -0.137. The van der Waals surface area contributed by atoms with Crippen LogP contribution in [0.15, 0.2) is 24.3 Å². The van der Waals surface area contributed by atoms with Crippen LogP contribution in [0.3, 0.4) is 0 Å².